The Morgan fingerprint density at radius 3 is 2.70 bits per heavy atom. The van der Waals surface area contributed by atoms with Crippen LogP contribution in [0.4, 0.5) is 11.5 Å². The number of aryl methyl sites for hydroxylation is 2. The first-order chi connectivity index (χ1) is 14.7. The minimum absolute atomic E-state index is 0.710. The molecule has 0 amide bonds. The van der Waals surface area contributed by atoms with E-state index in [4.69, 9.17) is 4.98 Å². The molecule has 0 radical (unpaired) electrons. The molecule has 1 saturated carbocycles. The van der Waals surface area contributed by atoms with Gasteiger partial charge in [-0.05, 0) is 105 Å². The summed E-state index contributed by atoms with van der Waals surface area (Å²) in [7, 11) is 0. The molecular weight excluding hydrogens is 368 g/mol. The lowest BCUT2D eigenvalue weighted by Gasteiger charge is -2.33. The van der Waals surface area contributed by atoms with Crippen molar-refractivity contribution in [3.05, 3.63) is 58.4 Å². The monoisotopic (exact) mass is 402 g/mol. The Balaban J connectivity index is 1.34. The average molecular weight is 403 g/mol. The van der Waals surface area contributed by atoms with Gasteiger partial charge in [0.05, 0.1) is 0 Å². The molecular formula is C26H34N4. The number of hydrogen-bond donors (Lipinski definition) is 2. The molecule has 4 heteroatoms. The Bertz CT molecular complexity index is 936. The van der Waals surface area contributed by atoms with E-state index >= 15 is 0 Å². The van der Waals surface area contributed by atoms with Gasteiger partial charge >= 0.3 is 0 Å². The van der Waals surface area contributed by atoms with Gasteiger partial charge in [0.2, 0.25) is 0 Å². The van der Waals surface area contributed by atoms with Crippen molar-refractivity contribution in [2.75, 3.05) is 18.4 Å². The molecule has 1 aromatic carbocycles. The van der Waals surface area contributed by atoms with Crippen LogP contribution in [0, 0.1) is 6.92 Å². The molecule has 3 aliphatic rings. The van der Waals surface area contributed by atoms with Crippen molar-refractivity contribution < 1.29 is 0 Å². The van der Waals surface area contributed by atoms with E-state index < -0.39 is 0 Å². The smallest absolute Gasteiger partial charge is 0.136 e. The van der Waals surface area contributed by atoms with E-state index in [9.17, 15) is 0 Å². The van der Waals surface area contributed by atoms with Crippen molar-refractivity contribution in [1.29, 1.82) is 0 Å². The van der Waals surface area contributed by atoms with E-state index in [0.29, 0.717) is 5.92 Å². The summed E-state index contributed by atoms with van der Waals surface area (Å²) in [5.41, 5.74) is 7.79. The molecule has 2 fully saturated rings. The van der Waals surface area contributed by atoms with E-state index in [0.717, 1.165) is 36.9 Å². The molecule has 0 unspecified atom stereocenters. The molecule has 1 aromatic heterocycles. The molecule has 5 rings (SSSR count). The molecule has 0 spiro atoms. The summed E-state index contributed by atoms with van der Waals surface area (Å²) in [5, 5.41) is 6.97. The van der Waals surface area contributed by atoms with Crippen LogP contribution in [-0.2, 0) is 13.0 Å². The SMILES string of the molecule is CCCc1cc2c(c(Nc3ccc(C4CCN(C5CC5)CC4)c(C)c3)n1)CNC=C2. The topological polar surface area (TPSA) is 40.2 Å². The highest BCUT2D eigenvalue weighted by molar-refractivity contribution is 5.68. The van der Waals surface area contributed by atoms with Gasteiger partial charge < -0.3 is 15.5 Å². The van der Waals surface area contributed by atoms with Crippen LogP contribution >= 0.6 is 0 Å². The molecule has 1 aliphatic carbocycles. The number of aromatic nitrogens is 1. The predicted molar refractivity (Wildman–Crippen MR) is 125 cm³/mol. The zero-order chi connectivity index (χ0) is 20.5. The maximum atomic E-state index is 4.95. The fraction of sp³-hybridized carbons (Fsp3) is 0.500. The maximum Gasteiger partial charge on any atom is 0.136 e. The van der Waals surface area contributed by atoms with E-state index in [1.807, 2.05) is 6.20 Å². The summed E-state index contributed by atoms with van der Waals surface area (Å²) in [6.45, 7) is 7.85. The molecule has 30 heavy (non-hydrogen) atoms. The second kappa shape index (κ2) is 8.43. The van der Waals surface area contributed by atoms with Crippen molar-refractivity contribution in [2.45, 2.75) is 70.9 Å². The van der Waals surface area contributed by atoms with Gasteiger partial charge in [-0.25, -0.2) is 4.98 Å². The molecule has 2 N–H and O–H groups in total. The number of rotatable bonds is 6. The van der Waals surface area contributed by atoms with Gasteiger partial charge in [0.25, 0.3) is 0 Å². The van der Waals surface area contributed by atoms with Gasteiger partial charge in [0.1, 0.15) is 5.82 Å². The van der Waals surface area contributed by atoms with Gasteiger partial charge in [0, 0.05) is 29.5 Å². The minimum Gasteiger partial charge on any atom is -0.387 e. The Labute approximate surface area is 180 Å². The molecule has 3 heterocycles. The van der Waals surface area contributed by atoms with Crippen LogP contribution in [0.5, 0.6) is 0 Å². The van der Waals surface area contributed by atoms with E-state index in [1.165, 1.54) is 66.7 Å². The Morgan fingerprint density at radius 2 is 1.97 bits per heavy atom. The molecule has 1 saturated heterocycles. The van der Waals surface area contributed by atoms with Crippen LogP contribution in [0.3, 0.4) is 0 Å². The van der Waals surface area contributed by atoms with Crippen LogP contribution < -0.4 is 10.6 Å². The van der Waals surface area contributed by atoms with E-state index in [1.54, 1.807) is 0 Å². The number of fused-ring (bicyclic) bond motifs is 1. The van der Waals surface area contributed by atoms with Crippen LogP contribution in [0.2, 0.25) is 0 Å². The zero-order valence-corrected chi connectivity index (χ0v) is 18.4. The standard InChI is InChI=1S/C26H34N4/c1-3-4-21-16-20-9-12-27-17-25(20)26(28-21)29-22-5-8-24(18(2)15-22)19-10-13-30(14-11-19)23-6-7-23/h5,8-9,12,15-16,19,23,27H,3-4,6-7,10-11,13-14,17H2,1-2H3,(H,28,29). The molecule has 2 aromatic rings. The lowest BCUT2D eigenvalue weighted by atomic mass is 9.86. The highest BCUT2D eigenvalue weighted by atomic mass is 15.2. The molecule has 0 atom stereocenters. The fourth-order valence-corrected chi connectivity index (χ4v) is 5.14. The van der Waals surface area contributed by atoms with Gasteiger partial charge in [-0.1, -0.05) is 19.4 Å². The highest BCUT2D eigenvalue weighted by Crippen LogP contribution is 2.36. The maximum absolute atomic E-state index is 4.95. The van der Waals surface area contributed by atoms with Gasteiger partial charge in [0.15, 0.2) is 0 Å². The number of anilines is 2. The highest BCUT2D eigenvalue weighted by Gasteiger charge is 2.32. The Morgan fingerprint density at radius 1 is 1.13 bits per heavy atom. The quantitative estimate of drug-likeness (QED) is 0.669. The Kier molecular flexibility index (Phi) is 5.51. The van der Waals surface area contributed by atoms with Crippen molar-refractivity contribution in [1.82, 2.24) is 15.2 Å². The van der Waals surface area contributed by atoms with Crippen LogP contribution in [-0.4, -0.2) is 29.0 Å². The predicted octanol–water partition coefficient (Wildman–Crippen LogP) is 5.50. The third-order valence-corrected chi connectivity index (χ3v) is 6.94. The first-order valence-electron chi connectivity index (χ1n) is 11.8. The van der Waals surface area contributed by atoms with Crippen molar-refractivity contribution in [3.8, 4) is 0 Å². The lowest BCUT2D eigenvalue weighted by Crippen LogP contribution is -2.34. The molecule has 4 nitrogen and oxygen atoms in total. The summed E-state index contributed by atoms with van der Waals surface area (Å²) in [5.74, 6) is 1.71. The summed E-state index contributed by atoms with van der Waals surface area (Å²) in [4.78, 5) is 7.66. The van der Waals surface area contributed by atoms with Gasteiger partial charge in [-0.2, -0.15) is 0 Å². The summed E-state index contributed by atoms with van der Waals surface area (Å²) < 4.78 is 0. The molecule has 0 bridgehead atoms. The van der Waals surface area contributed by atoms with Crippen LogP contribution in [0.1, 0.15) is 72.9 Å². The largest absolute Gasteiger partial charge is 0.387 e. The summed E-state index contributed by atoms with van der Waals surface area (Å²) in [6, 6.07) is 10.1. The lowest BCUT2D eigenvalue weighted by molar-refractivity contribution is 0.203. The zero-order valence-electron chi connectivity index (χ0n) is 18.4. The second-order valence-corrected chi connectivity index (χ2v) is 9.23. The number of likely N-dealkylation sites (tertiary alicyclic amines) is 1. The van der Waals surface area contributed by atoms with Crippen LogP contribution in [0.15, 0.2) is 30.5 Å². The third kappa shape index (κ3) is 4.11. The number of nitrogens with zero attached hydrogens (tertiary/aromatic N) is 2. The average Bonchev–Trinajstić information content (AvgIpc) is 3.60. The van der Waals surface area contributed by atoms with Gasteiger partial charge in [-0.15, -0.1) is 0 Å². The van der Waals surface area contributed by atoms with E-state index in [2.05, 4.69) is 59.7 Å². The third-order valence-electron chi connectivity index (χ3n) is 6.94. The van der Waals surface area contributed by atoms with Crippen molar-refractivity contribution in [3.63, 3.8) is 0 Å². The number of benzene rings is 1. The Hall–Kier alpha value is -2.33. The van der Waals surface area contributed by atoms with Crippen molar-refractivity contribution in [2.24, 2.45) is 0 Å². The molecule has 158 valence electrons. The van der Waals surface area contributed by atoms with E-state index in [-0.39, 0.29) is 0 Å². The number of hydrogen-bond acceptors (Lipinski definition) is 4. The van der Waals surface area contributed by atoms with Crippen LogP contribution in [0.25, 0.3) is 6.08 Å². The normalized spacial score (nSPS) is 19.4. The number of nitrogens with one attached hydrogen (secondary N) is 2. The van der Waals surface area contributed by atoms with Crippen molar-refractivity contribution >= 4 is 17.6 Å². The molecule has 2 aliphatic heterocycles. The number of piperidine rings is 1. The minimum atomic E-state index is 0.710. The summed E-state index contributed by atoms with van der Waals surface area (Å²) in [6.07, 6.45) is 11.8. The number of pyridine rings is 1. The fourth-order valence-electron chi connectivity index (χ4n) is 5.14. The summed E-state index contributed by atoms with van der Waals surface area (Å²) >= 11 is 0. The first kappa shape index (κ1) is 19.6. The van der Waals surface area contributed by atoms with Gasteiger partial charge in [-0.3, -0.25) is 0 Å². The first-order valence-corrected chi connectivity index (χ1v) is 11.8. The second-order valence-electron chi connectivity index (χ2n) is 9.23.